The monoisotopic (exact) mass is 284 g/mol. The van der Waals surface area contributed by atoms with Gasteiger partial charge in [0.1, 0.15) is 5.76 Å². The number of allylic oxidation sites excluding steroid dienone is 1. The second kappa shape index (κ2) is 4.94. The standard InChI is InChI=1S/C11H6F6O2/c12-10(13,14)7-3-1-2-6(4-7)8(18)5-9(19)11(15,16)17/h1-5,18H. The molecule has 0 aromatic heterocycles. The molecule has 0 unspecified atom stereocenters. The highest BCUT2D eigenvalue weighted by Gasteiger charge is 2.37. The molecule has 19 heavy (non-hydrogen) atoms. The van der Waals surface area contributed by atoms with Crippen LogP contribution in [-0.2, 0) is 11.0 Å². The first kappa shape index (κ1) is 15.1. The number of carbonyl (C=O) groups is 1. The third-order valence-corrected chi connectivity index (χ3v) is 2.03. The van der Waals surface area contributed by atoms with Gasteiger partial charge in [0.05, 0.1) is 5.56 Å². The minimum Gasteiger partial charge on any atom is -0.507 e. The fourth-order valence-electron chi connectivity index (χ4n) is 1.14. The first-order valence-corrected chi connectivity index (χ1v) is 4.71. The van der Waals surface area contributed by atoms with Gasteiger partial charge >= 0.3 is 12.4 Å². The van der Waals surface area contributed by atoms with E-state index < -0.39 is 35.0 Å². The molecule has 0 radical (unpaired) electrons. The zero-order valence-electron chi connectivity index (χ0n) is 9.01. The van der Waals surface area contributed by atoms with Crippen LogP contribution in [-0.4, -0.2) is 17.1 Å². The fourth-order valence-corrected chi connectivity index (χ4v) is 1.14. The minimum atomic E-state index is -5.20. The molecule has 0 fully saturated rings. The van der Waals surface area contributed by atoms with Crippen molar-refractivity contribution in [3.63, 3.8) is 0 Å². The number of halogens is 6. The quantitative estimate of drug-likeness (QED) is 0.510. The third kappa shape index (κ3) is 4.01. The van der Waals surface area contributed by atoms with E-state index in [0.717, 1.165) is 12.1 Å². The number of hydrogen-bond acceptors (Lipinski definition) is 2. The molecule has 0 saturated carbocycles. The van der Waals surface area contributed by atoms with Gasteiger partial charge in [-0.2, -0.15) is 26.3 Å². The first-order valence-electron chi connectivity index (χ1n) is 4.71. The van der Waals surface area contributed by atoms with E-state index in [0.29, 0.717) is 12.1 Å². The number of carbonyl (C=O) groups excluding carboxylic acids is 1. The van der Waals surface area contributed by atoms with Crippen LogP contribution < -0.4 is 0 Å². The summed E-state index contributed by atoms with van der Waals surface area (Å²) in [6.45, 7) is 0. The molecule has 1 rings (SSSR count). The van der Waals surface area contributed by atoms with Crippen LogP contribution >= 0.6 is 0 Å². The molecule has 0 aliphatic heterocycles. The summed E-state index contributed by atoms with van der Waals surface area (Å²) in [7, 11) is 0. The maximum Gasteiger partial charge on any atom is 0.454 e. The Balaban J connectivity index is 3.11. The van der Waals surface area contributed by atoms with Crippen molar-refractivity contribution in [2.75, 3.05) is 0 Å². The van der Waals surface area contributed by atoms with Crippen LogP contribution in [0.5, 0.6) is 0 Å². The van der Waals surface area contributed by atoms with E-state index in [1.807, 2.05) is 0 Å². The zero-order valence-corrected chi connectivity index (χ0v) is 9.01. The highest BCUT2D eigenvalue weighted by Crippen LogP contribution is 2.30. The molecule has 0 aliphatic carbocycles. The number of aliphatic hydroxyl groups excluding tert-OH is 1. The molecular formula is C11H6F6O2. The molecule has 0 aliphatic rings. The molecule has 1 aromatic rings. The lowest BCUT2D eigenvalue weighted by Gasteiger charge is -2.08. The van der Waals surface area contributed by atoms with Crippen molar-refractivity contribution in [2.24, 2.45) is 0 Å². The largest absolute Gasteiger partial charge is 0.507 e. The second-order valence-corrected chi connectivity index (χ2v) is 3.47. The molecular weight excluding hydrogens is 278 g/mol. The highest BCUT2D eigenvalue weighted by atomic mass is 19.4. The lowest BCUT2D eigenvalue weighted by molar-refractivity contribution is -0.165. The van der Waals surface area contributed by atoms with Crippen molar-refractivity contribution in [1.82, 2.24) is 0 Å². The minimum absolute atomic E-state index is 0.171. The predicted molar refractivity (Wildman–Crippen MR) is 53.1 cm³/mol. The maximum absolute atomic E-state index is 12.3. The van der Waals surface area contributed by atoms with Crippen LogP contribution in [0.2, 0.25) is 0 Å². The van der Waals surface area contributed by atoms with Gasteiger partial charge in [-0.3, -0.25) is 4.79 Å². The normalized spacial score (nSPS) is 13.5. The second-order valence-electron chi connectivity index (χ2n) is 3.47. The molecule has 0 spiro atoms. The van der Waals surface area contributed by atoms with E-state index in [1.165, 1.54) is 0 Å². The summed E-state index contributed by atoms with van der Waals surface area (Å²) < 4.78 is 72.7. The summed E-state index contributed by atoms with van der Waals surface area (Å²) in [4.78, 5) is 10.5. The summed E-state index contributed by atoms with van der Waals surface area (Å²) in [5.74, 6) is -3.55. The molecule has 1 aromatic carbocycles. The van der Waals surface area contributed by atoms with Crippen LogP contribution in [0.1, 0.15) is 11.1 Å². The SMILES string of the molecule is O=C(C=C(O)c1cccc(C(F)(F)F)c1)C(F)(F)F. The summed E-state index contributed by atoms with van der Waals surface area (Å²) in [5, 5.41) is 9.22. The molecule has 0 heterocycles. The van der Waals surface area contributed by atoms with Crippen molar-refractivity contribution in [2.45, 2.75) is 12.4 Å². The lowest BCUT2D eigenvalue weighted by Crippen LogP contribution is -2.20. The Kier molecular flexibility index (Phi) is 3.92. The van der Waals surface area contributed by atoms with Crippen LogP contribution in [0, 0.1) is 0 Å². The number of hydrogen-bond donors (Lipinski definition) is 1. The Morgan fingerprint density at radius 1 is 1.11 bits per heavy atom. The molecule has 1 N–H and O–H groups in total. The van der Waals surface area contributed by atoms with E-state index in [1.54, 1.807) is 0 Å². The Labute approximate surface area is 103 Å². The van der Waals surface area contributed by atoms with Gasteiger partial charge in [0, 0.05) is 11.6 Å². The number of benzene rings is 1. The smallest absolute Gasteiger partial charge is 0.454 e. The number of aliphatic hydroxyl groups is 1. The van der Waals surface area contributed by atoms with Crippen molar-refractivity contribution in [1.29, 1.82) is 0 Å². The summed E-state index contributed by atoms with van der Waals surface area (Å²) in [6.07, 6.45) is -10.1. The topological polar surface area (TPSA) is 37.3 Å². The van der Waals surface area contributed by atoms with Crippen LogP contribution in [0.25, 0.3) is 5.76 Å². The van der Waals surface area contributed by atoms with E-state index in [9.17, 15) is 36.2 Å². The zero-order chi connectivity index (χ0) is 14.8. The number of alkyl halides is 6. The van der Waals surface area contributed by atoms with Crippen LogP contribution in [0.15, 0.2) is 30.3 Å². The summed E-state index contributed by atoms with van der Waals surface area (Å²) in [6, 6.07) is 2.98. The molecule has 2 nitrogen and oxygen atoms in total. The van der Waals surface area contributed by atoms with E-state index in [-0.39, 0.29) is 6.08 Å². The van der Waals surface area contributed by atoms with E-state index >= 15 is 0 Å². The summed E-state index contributed by atoms with van der Waals surface area (Å²) in [5.41, 5.74) is -1.68. The molecule has 104 valence electrons. The third-order valence-electron chi connectivity index (χ3n) is 2.03. The average molecular weight is 284 g/mol. The molecule has 0 atom stereocenters. The van der Waals surface area contributed by atoms with Crippen molar-refractivity contribution >= 4 is 11.5 Å². The van der Waals surface area contributed by atoms with Gasteiger partial charge < -0.3 is 5.11 Å². The fraction of sp³-hybridized carbons (Fsp3) is 0.182. The van der Waals surface area contributed by atoms with Gasteiger partial charge in [0.2, 0.25) is 0 Å². The van der Waals surface area contributed by atoms with Gasteiger partial charge in [-0.25, -0.2) is 0 Å². The van der Waals surface area contributed by atoms with E-state index in [2.05, 4.69) is 0 Å². The summed E-state index contributed by atoms with van der Waals surface area (Å²) >= 11 is 0. The molecule has 0 bridgehead atoms. The van der Waals surface area contributed by atoms with Crippen molar-refractivity contribution in [3.8, 4) is 0 Å². The Morgan fingerprint density at radius 2 is 1.68 bits per heavy atom. The predicted octanol–water partition coefficient (Wildman–Crippen LogP) is 3.74. The number of ketones is 1. The molecule has 0 amide bonds. The van der Waals surface area contributed by atoms with Crippen molar-refractivity contribution in [3.05, 3.63) is 41.5 Å². The van der Waals surface area contributed by atoms with Gasteiger partial charge in [-0.05, 0) is 12.1 Å². The van der Waals surface area contributed by atoms with Gasteiger partial charge in [-0.1, -0.05) is 12.1 Å². The first-order chi connectivity index (χ1) is 8.51. The van der Waals surface area contributed by atoms with Gasteiger partial charge in [0.25, 0.3) is 5.78 Å². The van der Waals surface area contributed by atoms with Crippen LogP contribution in [0.3, 0.4) is 0 Å². The highest BCUT2D eigenvalue weighted by molar-refractivity contribution is 5.99. The maximum atomic E-state index is 12.3. The Hall–Kier alpha value is -1.99. The van der Waals surface area contributed by atoms with Crippen molar-refractivity contribution < 1.29 is 36.2 Å². The molecule has 8 heteroatoms. The molecule has 0 saturated heterocycles. The average Bonchev–Trinajstić information content (AvgIpc) is 2.26. The van der Waals surface area contributed by atoms with Gasteiger partial charge in [0.15, 0.2) is 0 Å². The van der Waals surface area contributed by atoms with E-state index in [4.69, 9.17) is 0 Å². The Morgan fingerprint density at radius 3 is 2.16 bits per heavy atom. The lowest BCUT2D eigenvalue weighted by atomic mass is 10.1. The van der Waals surface area contributed by atoms with Gasteiger partial charge in [-0.15, -0.1) is 0 Å². The number of rotatable bonds is 2. The Bertz CT molecular complexity index is 513. The van der Waals surface area contributed by atoms with Crippen LogP contribution in [0.4, 0.5) is 26.3 Å².